The second kappa shape index (κ2) is 6.17. The monoisotopic (exact) mass is 271 g/mol. The lowest BCUT2D eigenvalue weighted by Gasteiger charge is -2.16. The van der Waals surface area contributed by atoms with Crippen LogP contribution in [0.2, 0.25) is 0 Å². The van der Waals surface area contributed by atoms with E-state index >= 15 is 0 Å². The van der Waals surface area contributed by atoms with Gasteiger partial charge in [-0.05, 0) is 6.42 Å². The molecule has 1 unspecified atom stereocenters. The molecule has 0 aromatic carbocycles. The number of likely N-dealkylation sites (tertiary alicyclic amines) is 1. The first kappa shape index (κ1) is 14.9. The van der Waals surface area contributed by atoms with Gasteiger partial charge in [-0.15, -0.1) is 0 Å². The van der Waals surface area contributed by atoms with Crippen LogP contribution in [-0.2, 0) is 14.4 Å². The Labute approximate surface area is 110 Å². The van der Waals surface area contributed by atoms with Crippen molar-refractivity contribution in [3.05, 3.63) is 0 Å². The van der Waals surface area contributed by atoms with Crippen molar-refractivity contribution in [1.29, 1.82) is 0 Å². The Morgan fingerprint density at radius 1 is 1.47 bits per heavy atom. The number of nitrogens with zero attached hydrogens (tertiary/aromatic N) is 1. The lowest BCUT2D eigenvalue weighted by molar-refractivity contribution is -0.139. The number of carbonyl (C=O) groups excluding carboxylic acids is 3. The molecule has 8 nitrogen and oxygen atoms in total. The highest BCUT2D eigenvalue weighted by Crippen LogP contribution is 2.10. The standard InChI is InChI=1S/C11H17N3O5/c1-3-4-6(10(17)18)12-11(19)13-7-5-8(15)14(2)9(7)16/h6-7H,3-5H2,1-2H3,(H,17,18)(H2,12,13,19)/t6-,7?/m0/s1. The Morgan fingerprint density at radius 3 is 2.53 bits per heavy atom. The maximum atomic E-state index is 11.6. The van der Waals surface area contributed by atoms with Gasteiger partial charge in [0.2, 0.25) is 5.91 Å². The topological polar surface area (TPSA) is 116 Å². The molecule has 0 bridgehead atoms. The second-order valence-electron chi connectivity index (χ2n) is 4.35. The Kier molecular flexibility index (Phi) is 4.85. The van der Waals surface area contributed by atoms with Gasteiger partial charge < -0.3 is 15.7 Å². The number of carboxylic acid groups (broad SMARTS) is 1. The number of amides is 4. The molecule has 0 radical (unpaired) electrons. The third-order valence-electron chi connectivity index (χ3n) is 2.87. The van der Waals surface area contributed by atoms with Crippen molar-refractivity contribution >= 4 is 23.8 Å². The highest BCUT2D eigenvalue weighted by molar-refractivity contribution is 6.06. The van der Waals surface area contributed by atoms with E-state index in [2.05, 4.69) is 10.6 Å². The van der Waals surface area contributed by atoms with E-state index < -0.39 is 30.0 Å². The molecule has 1 aliphatic heterocycles. The van der Waals surface area contributed by atoms with Crippen LogP contribution in [0.25, 0.3) is 0 Å². The molecule has 0 aromatic rings. The van der Waals surface area contributed by atoms with Gasteiger partial charge in [0.1, 0.15) is 12.1 Å². The minimum atomic E-state index is -1.14. The summed E-state index contributed by atoms with van der Waals surface area (Å²) in [4.78, 5) is 46.2. The van der Waals surface area contributed by atoms with Crippen molar-refractivity contribution in [2.45, 2.75) is 38.3 Å². The number of rotatable bonds is 5. The minimum Gasteiger partial charge on any atom is -0.480 e. The Morgan fingerprint density at radius 2 is 2.11 bits per heavy atom. The van der Waals surface area contributed by atoms with Crippen molar-refractivity contribution in [1.82, 2.24) is 15.5 Å². The summed E-state index contributed by atoms with van der Waals surface area (Å²) in [5.74, 6) is -2.01. The predicted molar refractivity (Wildman–Crippen MR) is 64.2 cm³/mol. The van der Waals surface area contributed by atoms with Crippen LogP contribution in [0.15, 0.2) is 0 Å². The van der Waals surface area contributed by atoms with E-state index in [-0.39, 0.29) is 12.3 Å². The maximum Gasteiger partial charge on any atom is 0.326 e. The summed E-state index contributed by atoms with van der Waals surface area (Å²) in [6.07, 6.45) is 0.787. The van der Waals surface area contributed by atoms with E-state index in [1.54, 1.807) is 6.92 Å². The van der Waals surface area contributed by atoms with E-state index in [1.807, 2.05) is 0 Å². The van der Waals surface area contributed by atoms with E-state index in [4.69, 9.17) is 5.11 Å². The summed E-state index contributed by atoms with van der Waals surface area (Å²) in [6.45, 7) is 1.80. The summed E-state index contributed by atoms with van der Waals surface area (Å²) in [5, 5.41) is 13.4. The normalized spacial score (nSPS) is 20.3. The molecule has 3 N–H and O–H groups in total. The minimum absolute atomic E-state index is 0.103. The first-order valence-corrected chi connectivity index (χ1v) is 5.97. The van der Waals surface area contributed by atoms with Gasteiger partial charge >= 0.3 is 12.0 Å². The third-order valence-corrected chi connectivity index (χ3v) is 2.87. The average Bonchev–Trinajstić information content (AvgIpc) is 2.56. The van der Waals surface area contributed by atoms with Crippen molar-refractivity contribution < 1.29 is 24.3 Å². The molecular formula is C11H17N3O5. The maximum absolute atomic E-state index is 11.6. The Hall–Kier alpha value is -2.12. The van der Waals surface area contributed by atoms with E-state index in [1.165, 1.54) is 7.05 Å². The molecule has 19 heavy (non-hydrogen) atoms. The highest BCUT2D eigenvalue weighted by atomic mass is 16.4. The molecule has 0 saturated carbocycles. The predicted octanol–water partition coefficient (Wildman–Crippen LogP) is -0.704. The van der Waals surface area contributed by atoms with Crippen molar-refractivity contribution in [2.75, 3.05) is 7.05 Å². The largest absolute Gasteiger partial charge is 0.480 e. The fourth-order valence-corrected chi connectivity index (χ4v) is 1.77. The van der Waals surface area contributed by atoms with Gasteiger partial charge in [-0.2, -0.15) is 0 Å². The van der Waals surface area contributed by atoms with Crippen LogP contribution in [-0.4, -0.2) is 53.0 Å². The van der Waals surface area contributed by atoms with Crippen molar-refractivity contribution in [2.24, 2.45) is 0 Å². The van der Waals surface area contributed by atoms with Gasteiger partial charge in [-0.1, -0.05) is 13.3 Å². The molecule has 0 spiro atoms. The third kappa shape index (κ3) is 3.67. The second-order valence-corrected chi connectivity index (χ2v) is 4.35. The summed E-state index contributed by atoms with van der Waals surface area (Å²) < 4.78 is 0. The van der Waals surface area contributed by atoms with Crippen LogP contribution < -0.4 is 10.6 Å². The molecule has 1 saturated heterocycles. The van der Waals surface area contributed by atoms with Crippen LogP contribution in [0, 0.1) is 0 Å². The summed E-state index contributed by atoms with van der Waals surface area (Å²) in [5.41, 5.74) is 0. The van der Waals surface area contributed by atoms with Crippen molar-refractivity contribution in [3.63, 3.8) is 0 Å². The van der Waals surface area contributed by atoms with Crippen LogP contribution in [0.5, 0.6) is 0 Å². The molecule has 1 heterocycles. The number of nitrogens with one attached hydrogen (secondary N) is 2. The number of urea groups is 1. The van der Waals surface area contributed by atoms with Crippen LogP contribution in [0.4, 0.5) is 4.79 Å². The van der Waals surface area contributed by atoms with Gasteiger partial charge in [0.05, 0.1) is 6.42 Å². The number of carbonyl (C=O) groups is 4. The first-order chi connectivity index (χ1) is 8.86. The molecule has 1 aliphatic rings. The van der Waals surface area contributed by atoms with E-state index in [0.29, 0.717) is 12.8 Å². The summed E-state index contributed by atoms with van der Waals surface area (Å²) >= 11 is 0. The Balaban J connectivity index is 2.54. The fourth-order valence-electron chi connectivity index (χ4n) is 1.77. The lowest BCUT2D eigenvalue weighted by Crippen LogP contribution is -2.50. The number of hydrogen-bond acceptors (Lipinski definition) is 4. The van der Waals surface area contributed by atoms with Gasteiger partial charge in [0.15, 0.2) is 0 Å². The van der Waals surface area contributed by atoms with Crippen LogP contribution in [0.1, 0.15) is 26.2 Å². The fraction of sp³-hybridized carbons (Fsp3) is 0.636. The molecule has 0 aromatic heterocycles. The molecule has 106 valence electrons. The number of carboxylic acids is 1. The zero-order valence-corrected chi connectivity index (χ0v) is 10.8. The van der Waals surface area contributed by atoms with Crippen molar-refractivity contribution in [3.8, 4) is 0 Å². The smallest absolute Gasteiger partial charge is 0.326 e. The SMILES string of the molecule is CCC[C@H](NC(=O)NC1CC(=O)N(C)C1=O)C(=O)O. The number of likely N-dealkylation sites (N-methyl/N-ethyl adjacent to an activating group) is 1. The molecule has 1 fully saturated rings. The zero-order valence-electron chi connectivity index (χ0n) is 10.8. The van der Waals surface area contributed by atoms with Crippen LogP contribution >= 0.6 is 0 Å². The first-order valence-electron chi connectivity index (χ1n) is 5.97. The Bertz CT molecular complexity index is 409. The summed E-state index contributed by atoms with van der Waals surface area (Å²) in [6, 6.07) is -2.69. The molecule has 4 amide bonds. The van der Waals surface area contributed by atoms with Gasteiger partial charge in [0, 0.05) is 7.05 Å². The average molecular weight is 271 g/mol. The lowest BCUT2D eigenvalue weighted by atomic mass is 10.2. The van der Waals surface area contributed by atoms with Gasteiger partial charge in [0.25, 0.3) is 5.91 Å². The van der Waals surface area contributed by atoms with Gasteiger partial charge in [-0.3, -0.25) is 14.5 Å². The zero-order chi connectivity index (χ0) is 14.6. The van der Waals surface area contributed by atoms with E-state index in [0.717, 1.165) is 4.90 Å². The molecule has 8 heteroatoms. The number of imide groups is 1. The van der Waals surface area contributed by atoms with Crippen LogP contribution in [0.3, 0.4) is 0 Å². The quantitative estimate of drug-likeness (QED) is 0.572. The molecule has 0 aliphatic carbocycles. The number of hydrogen-bond donors (Lipinski definition) is 3. The van der Waals surface area contributed by atoms with E-state index in [9.17, 15) is 19.2 Å². The summed E-state index contributed by atoms with van der Waals surface area (Å²) in [7, 11) is 1.33. The molecular weight excluding hydrogens is 254 g/mol. The highest BCUT2D eigenvalue weighted by Gasteiger charge is 2.37. The number of aliphatic carboxylic acids is 1. The molecule has 2 atom stereocenters. The molecule has 1 rings (SSSR count). The van der Waals surface area contributed by atoms with Gasteiger partial charge in [-0.25, -0.2) is 9.59 Å².